The number of thiol groups is 1. The van der Waals surface area contributed by atoms with Crippen LogP contribution in [0, 0.1) is 5.82 Å². The molecule has 0 aliphatic heterocycles. The molecule has 0 saturated carbocycles. The van der Waals surface area contributed by atoms with E-state index in [4.69, 9.17) is 0 Å². The Hall–Kier alpha value is -0.700. The zero-order valence-electron chi connectivity index (χ0n) is 7.21. The van der Waals surface area contributed by atoms with E-state index in [0.29, 0.717) is 5.75 Å². The summed E-state index contributed by atoms with van der Waals surface area (Å²) in [5.41, 5.74) is 1.94. The maximum absolute atomic E-state index is 12.8. The van der Waals surface area contributed by atoms with Gasteiger partial charge < -0.3 is 4.90 Å². The van der Waals surface area contributed by atoms with Crippen LogP contribution in [-0.2, 0) is 5.75 Å². The average Bonchev–Trinajstić information content (AvgIpc) is 2.04. The zero-order valence-corrected chi connectivity index (χ0v) is 8.11. The summed E-state index contributed by atoms with van der Waals surface area (Å²) in [6.07, 6.45) is 0. The molecule has 1 aromatic rings. The number of nitrogens with zero attached hydrogens (tertiary/aromatic N) is 1. The molecular formula is C9H12FNS. The summed E-state index contributed by atoms with van der Waals surface area (Å²) >= 11 is 4.16. The molecule has 1 nitrogen and oxygen atoms in total. The van der Waals surface area contributed by atoms with Crippen LogP contribution in [0.4, 0.5) is 10.1 Å². The van der Waals surface area contributed by atoms with Gasteiger partial charge in [0.25, 0.3) is 0 Å². The second-order valence-corrected chi connectivity index (χ2v) is 3.14. The van der Waals surface area contributed by atoms with Crippen LogP contribution in [0.2, 0.25) is 0 Å². The fourth-order valence-electron chi connectivity index (χ4n) is 1.09. The molecule has 0 saturated heterocycles. The number of hydrogen-bond acceptors (Lipinski definition) is 2. The quantitative estimate of drug-likeness (QED) is 0.692. The SMILES string of the molecule is CN(C)c1cc(F)ccc1CS. The van der Waals surface area contributed by atoms with E-state index in [2.05, 4.69) is 12.6 Å². The monoisotopic (exact) mass is 185 g/mol. The zero-order chi connectivity index (χ0) is 9.14. The van der Waals surface area contributed by atoms with Crippen molar-refractivity contribution >= 4 is 18.3 Å². The summed E-state index contributed by atoms with van der Waals surface area (Å²) in [6, 6.07) is 4.74. The molecular weight excluding hydrogens is 173 g/mol. The van der Waals surface area contributed by atoms with Gasteiger partial charge in [-0.25, -0.2) is 4.39 Å². The summed E-state index contributed by atoms with van der Waals surface area (Å²) in [5, 5.41) is 0. The molecule has 1 aromatic carbocycles. The Morgan fingerprint density at radius 2 is 2.08 bits per heavy atom. The number of anilines is 1. The molecule has 0 radical (unpaired) electrons. The van der Waals surface area contributed by atoms with E-state index in [9.17, 15) is 4.39 Å². The van der Waals surface area contributed by atoms with Gasteiger partial charge in [-0.15, -0.1) is 0 Å². The summed E-state index contributed by atoms with van der Waals surface area (Å²) in [6.45, 7) is 0. The van der Waals surface area contributed by atoms with Crippen molar-refractivity contribution in [3.05, 3.63) is 29.6 Å². The third-order valence-corrected chi connectivity index (χ3v) is 2.04. The maximum atomic E-state index is 12.8. The van der Waals surface area contributed by atoms with Gasteiger partial charge >= 0.3 is 0 Å². The van der Waals surface area contributed by atoms with E-state index in [1.54, 1.807) is 6.07 Å². The molecule has 0 N–H and O–H groups in total. The second-order valence-electron chi connectivity index (χ2n) is 2.83. The van der Waals surface area contributed by atoms with E-state index in [1.165, 1.54) is 12.1 Å². The normalized spacial score (nSPS) is 10.0. The van der Waals surface area contributed by atoms with Crippen molar-refractivity contribution in [3.8, 4) is 0 Å². The third-order valence-electron chi connectivity index (χ3n) is 1.70. The van der Waals surface area contributed by atoms with Crippen molar-refractivity contribution in [2.45, 2.75) is 5.75 Å². The smallest absolute Gasteiger partial charge is 0.125 e. The van der Waals surface area contributed by atoms with Crippen molar-refractivity contribution < 1.29 is 4.39 Å². The minimum atomic E-state index is -0.204. The minimum absolute atomic E-state index is 0.204. The fraction of sp³-hybridized carbons (Fsp3) is 0.333. The molecule has 0 amide bonds. The Labute approximate surface area is 77.6 Å². The minimum Gasteiger partial charge on any atom is -0.377 e. The van der Waals surface area contributed by atoms with Crippen molar-refractivity contribution in [2.75, 3.05) is 19.0 Å². The van der Waals surface area contributed by atoms with E-state index < -0.39 is 0 Å². The summed E-state index contributed by atoms with van der Waals surface area (Å²) < 4.78 is 12.8. The molecule has 3 heteroatoms. The highest BCUT2D eigenvalue weighted by molar-refractivity contribution is 7.79. The second kappa shape index (κ2) is 3.81. The highest BCUT2D eigenvalue weighted by Crippen LogP contribution is 2.21. The summed E-state index contributed by atoms with van der Waals surface area (Å²) in [7, 11) is 3.78. The number of benzene rings is 1. The molecule has 0 aliphatic rings. The van der Waals surface area contributed by atoms with Gasteiger partial charge in [0.05, 0.1) is 0 Å². The lowest BCUT2D eigenvalue weighted by molar-refractivity contribution is 0.627. The van der Waals surface area contributed by atoms with Crippen LogP contribution in [0.3, 0.4) is 0 Å². The molecule has 0 aliphatic carbocycles. The molecule has 0 fully saturated rings. The molecule has 0 bridgehead atoms. The van der Waals surface area contributed by atoms with E-state index in [0.717, 1.165) is 11.3 Å². The van der Waals surface area contributed by atoms with Gasteiger partial charge in [-0.1, -0.05) is 6.07 Å². The first-order valence-corrected chi connectivity index (χ1v) is 4.35. The van der Waals surface area contributed by atoms with Gasteiger partial charge in [0, 0.05) is 25.5 Å². The number of halogens is 1. The van der Waals surface area contributed by atoms with Crippen molar-refractivity contribution in [2.24, 2.45) is 0 Å². The van der Waals surface area contributed by atoms with Crippen LogP contribution in [0.25, 0.3) is 0 Å². The Bertz CT molecular complexity index is 273. The van der Waals surface area contributed by atoms with Crippen LogP contribution >= 0.6 is 12.6 Å². The first-order chi connectivity index (χ1) is 5.65. The topological polar surface area (TPSA) is 3.24 Å². The molecule has 0 aromatic heterocycles. The van der Waals surface area contributed by atoms with Crippen LogP contribution in [0.15, 0.2) is 18.2 Å². The number of rotatable bonds is 2. The van der Waals surface area contributed by atoms with Gasteiger partial charge in [-0.2, -0.15) is 12.6 Å². The lowest BCUT2D eigenvalue weighted by Gasteiger charge is -2.16. The standard InChI is InChI=1S/C9H12FNS/c1-11(2)9-5-8(10)4-3-7(9)6-12/h3-5,12H,6H2,1-2H3. The molecule has 0 spiro atoms. The predicted octanol–water partition coefficient (Wildman–Crippen LogP) is 2.32. The van der Waals surface area contributed by atoms with Crippen molar-refractivity contribution in [1.82, 2.24) is 0 Å². The Morgan fingerprint density at radius 1 is 1.42 bits per heavy atom. The van der Waals surface area contributed by atoms with Crippen LogP contribution < -0.4 is 4.90 Å². The number of hydrogen-bond donors (Lipinski definition) is 1. The lowest BCUT2D eigenvalue weighted by atomic mass is 10.2. The molecule has 12 heavy (non-hydrogen) atoms. The van der Waals surface area contributed by atoms with Gasteiger partial charge in [-0.3, -0.25) is 0 Å². The van der Waals surface area contributed by atoms with E-state index in [-0.39, 0.29) is 5.82 Å². The van der Waals surface area contributed by atoms with Crippen molar-refractivity contribution in [3.63, 3.8) is 0 Å². The largest absolute Gasteiger partial charge is 0.377 e. The van der Waals surface area contributed by atoms with Gasteiger partial charge in [0.2, 0.25) is 0 Å². The first-order valence-electron chi connectivity index (χ1n) is 3.71. The van der Waals surface area contributed by atoms with E-state index in [1.807, 2.05) is 19.0 Å². The Kier molecular flexibility index (Phi) is 2.98. The Morgan fingerprint density at radius 3 is 2.58 bits per heavy atom. The highest BCUT2D eigenvalue weighted by Gasteiger charge is 2.03. The molecule has 0 atom stereocenters. The van der Waals surface area contributed by atoms with Crippen LogP contribution in [0.1, 0.15) is 5.56 Å². The van der Waals surface area contributed by atoms with Gasteiger partial charge in [0.1, 0.15) is 5.82 Å². The molecule has 1 rings (SSSR count). The average molecular weight is 185 g/mol. The highest BCUT2D eigenvalue weighted by atomic mass is 32.1. The third kappa shape index (κ3) is 1.91. The maximum Gasteiger partial charge on any atom is 0.125 e. The fourth-order valence-corrected chi connectivity index (χ4v) is 1.35. The molecule has 0 unspecified atom stereocenters. The van der Waals surface area contributed by atoms with Crippen molar-refractivity contribution in [1.29, 1.82) is 0 Å². The Balaban J connectivity index is 3.12. The predicted molar refractivity (Wildman–Crippen MR) is 53.4 cm³/mol. The lowest BCUT2D eigenvalue weighted by Crippen LogP contribution is -2.11. The van der Waals surface area contributed by atoms with Gasteiger partial charge in [0.15, 0.2) is 0 Å². The van der Waals surface area contributed by atoms with Crippen LogP contribution in [0.5, 0.6) is 0 Å². The van der Waals surface area contributed by atoms with Crippen LogP contribution in [-0.4, -0.2) is 14.1 Å². The molecule has 66 valence electrons. The molecule has 0 heterocycles. The van der Waals surface area contributed by atoms with E-state index >= 15 is 0 Å². The summed E-state index contributed by atoms with van der Waals surface area (Å²) in [4.78, 5) is 1.88. The van der Waals surface area contributed by atoms with Gasteiger partial charge in [-0.05, 0) is 17.7 Å². The first kappa shape index (κ1) is 9.39. The summed E-state index contributed by atoms with van der Waals surface area (Å²) in [5.74, 6) is 0.428.